The van der Waals surface area contributed by atoms with E-state index in [1.165, 1.54) is 6.07 Å². The number of benzene rings is 2. The number of rotatable bonds is 7. The van der Waals surface area contributed by atoms with Crippen molar-refractivity contribution < 1.29 is 18.7 Å². The fourth-order valence-corrected chi connectivity index (χ4v) is 3.68. The fourth-order valence-electron chi connectivity index (χ4n) is 2.93. The second-order valence-electron chi connectivity index (χ2n) is 8.09. The molecule has 2 N–H and O–H groups in total. The second-order valence-corrected chi connectivity index (χ2v) is 9.03. The molecular weight excluding hydrogens is 445 g/mol. The van der Waals surface area contributed by atoms with Crippen LogP contribution in [0.5, 0.6) is 5.75 Å². The standard InChI is InChI=1S/C23H26FN5O3S/c1-5-32-16-12-10-15(11-13-16)20-27-28-22(29(20)18-9-7-6-8-17(18)24)33-14-19(30)25-21(31)26-23(2,3)4/h6-13H,5,14H2,1-4H3,(H2,25,26,30,31). The van der Waals surface area contributed by atoms with Gasteiger partial charge in [0.25, 0.3) is 0 Å². The summed E-state index contributed by atoms with van der Waals surface area (Å²) in [6, 6.07) is 12.9. The van der Waals surface area contributed by atoms with Crippen molar-refractivity contribution in [1.29, 1.82) is 0 Å². The first-order valence-electron chi connectivity index (χ1n) is 10.4. The van der Waals surface area contributed by atoms with Crippen LogP contribution in [0.1, 0.15) is 27.7 Å². The fraction of sp³-hybridized carbons (Fsp3) is 0.304. The molecule has 0 unspecified atom stereocenters. The zero-order valence-corrected chi connectivity index (χ0v) is 19.7. The molecule has 0 aliphatic carbocycles. The number of carbonyl (C=O) groups is 2. The molecule has 0 fully saturated rings. The Morgan fingerprint density at radius 2 is 1.79 bits per heavy atom. The minimum absolute atomic E-state index is 0.104. The molecule has 0 bridgehead atoms. The van der Waals surface area contributed by atoms with Crippen LogP contribution in [-0.4, -0.2) is 44.6 Å². The minimum Gasteiger partial charge on any atom is -0.494 e. The van der Waals surface area contributed by atoms with Gasteiger partial charge in [-0.1, -0.05) is 23.9 Å². The van der Waals surface area contributed by atoms with Crippen LogP contribution in [0.2, 0.25) is 0 Å². The average Bonchev–Trinajstić information content (AvgIpc) is 3.15. The van der Waals surface area contributed by atoms with Crippen molar-refractivity contribution >= 4 is 23.7 Å². The van der Waals surface area contributed by atoms with Crippen molar-refractivity contribution in [1.82, 2.24) is 25.4 Å². The van der Waals surface area contributed by atoms with Crippen molar-refractivity contribution in [3.63, 3.8) is 0 Å². The maximum atomic E-state index is 14.7. The lowest BCUT2D eigenvalue weighted by atomic mass is 10.1. The summed E-state index contributed by atoms with van der Waals surface area (Å²) in [4.78, 5) is 24.2. The SMILES string of the molecule is CCOc1ccc(-c2nnc(SCC(=O)NC(=O)NC(C)(C)C)n2-c2ccccc2F)cc1. The Kier molecular flexibility index (Phi) is 7.70. The number of para-hydroxylation sites is 1. The van der Waals surface area contributed by atoms with Gasteiger partial charge in [-0.05, 0) is 64.1 Å². The van der Waals surface area contributed by atoms with Gasteiger partial charge in [0, 0.05) is 11.1 Å². The molecule has 8 nitrogen and oxygen atoms in total. The van der Waals surface area contributed by atoms with Crippen LogP contribution in [0.4, 0.5) is 9.18 Å². The number of thioether (sulfide) groups is 1. The number of carbonyl (C=O) groups excluding carboxylic acids is 2. The quantitative estimate of drug-likeness (QED) is 0.502. The van der Waals surface area contributed by atoms with Gasteiger partial charge >= 0.3 is 6.03 Å². The van der Waals surface area contributed by atoms with E-state index in [9.17, 15) is 14.0 Å². The topological polar surface area (TPSA) is 98.1 Å². The molecule has 1 heterocycles. The van der Waals surface area contributed by atoms with Crippen LogP contribution in [0.15, 0.2) is 53.7 Å². The van der Waals surface area contributed by atoms with Crippen molar-refractivity contribution in [2.45, 2.75) is 38.4 Å². The monoisotopic (exact) mass is 471 g/mol. The molecule has 0 atom stereocenters. The Morgan fingerprint density at radius 3 is 2.42 bits per heavy atom. The summed E-state index contributed by atoms with van der Waals surface area (Å²) >= 11 is 1.05. The highest BCUT2D eigenvalue weighted by Gasteiger charge is 2.21. The van der Waals surface area contributed by atoms with E-state index in [1.54, 1.807) is 34.9 Å². The van der Waals surface area contributed by atoms with Crippen LogP contribution in [0.25, 0.3) is 17.1 Å². The number of ether oxygens (including phenoxy) is 1. The lowest BCUT2D eigenvalue weighted by Crippen LogP contribution is -2.48. The maximum Gasteiger partial charge on any atom is 0.321 e. The first-order valence-corrected chi connectivity index (χ1v) is 11.3. The summed E-state index contributed by atoms with van der Waals surface area (Å²) in [7, 11) is 0. The summed E-state index contributed by atoms with van der Waals surface area (Å²) in [6.45, 7) is 7.87. The normalized spacial score (nSPS) is 11.2. The summed E-state index contributed by atoms with van der Waals surface area (Å²) < 4.78 is 21.7. The number of amides is 3. The highest BCUT2D eigenvalue weighted by Crippen LogP contribution is 2.30. The van der Waals surface area contributed by atoms with E-state index in [4.69, 9.17) is 4.74 Å². The lowest BCUT2D eigenvalue weighted by molar-refractivity contribution is -0.117. The smallest absolute Gasteiger partial charge is 0.321 e. The van der Waals surface area contributed by atoms with Gasteiger partial charge in [0.15, 0.2) is 11.0 Å². The number of nitrogens with zero attached hydrogens (tertiary/aromatic N) is 3. The van der Waals surface area contributed by atoms with Gasteiger partial charge in [-0.15, -0.1) is 10.2 Å². The van der Waals surface area contributed by atoms with Gasteiger partial charge < -0.3 is 10.1 Å². The third-order valence-electron chi connectivity index (χ3n) is 4.22. The first kappa shape index (κ1) is 24.2. The van der Waals surface area contributed by atoms with Gasteiger partial charge in [0.05, 0.1) is 18.0 Å². The van der Waals surface area contributed by atoms with E-state index in [2.05, 4.69) is 20.8 Å². The highest BCUT2D eigenvalue weighted by atomic mass is 32.2. The van der Waals surface area contributed by atoms with Crippen LogP contribution in [0.3, 0.4) is 0 Å². The van der Waals surface area contributed by atoms with E-state index in [1.807, 2.05) is 39.8 Å². The number of hydrogen-bond donors (Lipinski definition) is 2. The molecule has 3 amide bonds. The highest BCUT2D eigenvalue weighted by molar-refractivity contribution is 7.99. The molecule has 2 aromatic carbocycles. The number of imide groups is 1. The Bertz CT molecular complexity index is 1130. The molecule has 0 aliphatic heterocycles. The summed E-state index contributed by atoms with van der Waals surface area (Å²) in [5.74, 6) is 0.0512. The number of urea groups is 1. The van der Waals surface area contributed by atoms with Crippen LogP contribution >= 0.6 is 11.8 Å². The molecule has 0 spiro atoms. The minimum atomic E-state index is -0.584. The third kappa shape index (κ3) is 6.55. The Balaban J connectivity index is 1.86. The Morgan fingerprint density at radius 1 is 1.09 bits per heavy atom. The lowest BCUT2D eigenvalue weighted by Gasteiger charge is -2.20. The average molecular weight is 472 g/mol. The van der Waals surface area contributed by atoms with Crippen molar-refractivity contribution in [2.24, 2.45) is 0 Å². The van der Waals surface area contributed by atoms with Gasteiger partial charge in [-0.25, -0.2) is 9.18 Å². The van der Waals surface area contributed by atoms with Crippen molar-refractivity contribution in [3.05, 3.63) is 54.3 Å². The molecule has 0 aliphatic rings. The van der Waals surface area contributed by atoms with Gasteiger partial charge in [0.1, 0.15) is 11.6 Å². The first-order chi connectivity index (χ1) is 15.7. The number of hydrogen-bond acceptors (Lipinski definition) is 6. The molecule has 10 heteroatoms. The summed E-state index contributed by atoms with van der Waals surface area (Å²) in [5, 5.41) is 13.7. The number of aromatic nitrogens is 3. The third-order valence-corrected chi connectivity index (χ3v) is 5.15. The van der Waals surface area contributed by atoms with Crippen LogP contribution in [0, 0.1) is 5.82 Å². The molecule has 3 aromatic rings. The summed E-state index contributed by atoms with van der Waals surface area (Å²) in [6.07, 6.45) is 0. The molecule has 1 aromatic heterocycles. The molecule has 0 saturated heterocycles. The second kappa shape index (κ2) is 10.5. The van der Waals surface area contributed by atoms with E-state index in [0.717, 1.165) is 11.8 Å². The van der Waals surface area contributed by atoms with E-state index < -0.39 is 23.3 Å². The molecule has 3 rings (SSSR count). The van der Waals surface area contributed by atoms with Crippen molar-refractivity contribution in [2.75, 3.05) is 12.4 Å². The Hall–Kier alpha value is -3.40. The molecule has 174 valence electrons. The molecule has 0 saturated carbocycles. The molecule has 0 radical (unpaired) electrons. The summed E-state index contributed by atoms with van der Waals surface area (Å²) in [5.41, 5.74) is 0.477. The van der Waals surface area contributed by atoms with Crippen LogP contribution in [-0.2, 0) is 4.79 Å². The largest absolute Gasteiger partial charge is 0.494 e. The molecule has 33 heavy (non-hydrogen) atoms. The zero-order chi connectivity index (χ0) is 24.0. The predicted octanol–water partition coefficient (Wildman–Crippen LogP) is 4.19. The predicted molar refractivity (Wildman–Crippen MR) is 125 cm³/mol. The zero-order valence-electron chi connectivity index (χ0n) is 18.9. The van der Waals surface area contributed by atoms with E-state index >= 15 is 0 Å². The number of nitrogens with one attached hydrogen (secondary N) is 2. The van der Waals surface area contributed by atoms with E-state index in [0.29, 0.717) is 28.9 Å². The van der Waals surface area contributed by atoms with Crippen LogP contribution < -0.4 is 15.4 Å². The van der Waals surface area contributed by atoms with Gasteiger partial charge in [0.2, 0.25) is 5.91 Å². The van der Waals surface area contributed by atoms with Gasteiger partial charge in [-0.2, -0.15) is 0 Å². The Labute approximate surface area is 195 Å². The van der Waals surface area contributed by atoms with E-state index in [-0.39, 0.29) is 11.4 Å². The molecular formula is C23H26FN5O3S. The van der Waals surface area contributed by atoms with Crippen molar-refractivity contribution in [3.8, 4) is 22.8 Å². The van der Waals surface area contributed by atoms with Gasteiger partial charge in [-0.3, -0.25) is 14.7 Å². The maximum absolute atomic E-state index is 14.7. The number of halogens is 1.